The van der Waals surface area contributed by atoms with Crippen LogP contribution in [0.1, 0.15) is 61.6 Å². The van der Waals surface area contributed by atoms with Crippen LogP contribution in [0, 0.1) is 0 Å². The van der Waals surface area contributed by atoms with Crippen molar-refractivity contribution in [3.8, 4) is 11.4 Å². The summed E-state index contributed by atoms with van der Waals surface area (Å²) in [5, 5.41) is 12.3. The van der Waals surface area contributed by atoms with E-state index in [0.29, 0.717) is 50.2 Å². The summed E-state index contributed by atoms with van der Waals surface area (Å²) in [5.74, 6) is 0.631. The molecular weight excluding hydrogens is 464 g/mol. The topological polar surface area (TPSA) is 69.6 Å². The Hall–Kier alpha value is -2.92. The molecule has 0 atom stereocenters. The molecule has 182 valence electrons. The van der Waals surface area contributed by atoms with Gasteiger partial charge in [-0.2, -0.15) is 31.3 Å². The molecule has 2 aromatic heterocycles. The second-order valence-electron chi connectivity index (χ2n) is 9.31. The number of halogens is 6. The zero-order valence-electron chi connectivity index (χ0n) is 18.2. The maximum absolute atomic E-state index is 13.5. The third-order valence-electron chi connectivity index (χ3n) is 7.36. The molecule has 0 unspecified atom stereocenters. The average molecular weight is 485 g/mol. The highest BCUT2D eigenvalue weighted by molar-refractivity contribution is 5.61. The minimum atomic E-state index is -4.52. The Kier molecular flexibility index (Phi) is 5.07. The van der Waals surface area contributed by atoms with E-state index in [-0.39, 0.29) is 16.8 Å². The fourth-order valence-corrected chi connectivity index (χ4v) is 5.52. The fourth-order valence-electron chi connectivity index (χ4n) is 5.52. The lowest BCUT2D eigenvalue weighted by atomic mass is 9.53. The van der Waals surface area contributed by atoms with Crippen molar-refractivity contribution in [2.24, 2.45) is 7.05 Å². The molecule has 3 aliphatic carbocycles. The van der Waals surface area contributed by atoms with Gasteiger partial charge in [-0.05, 0) is 44.6 Å². The van der Waals surface area contributed by atoms with Gasteiger partial charge in [-0.3, -0.25) is 0 Å². The normalized spacial score (nSPS) is 25.1. The van der Waals surface area contributed by atoms with Gasteiger partial charge in [0.05, 0.1) is 5.56 Å². The Morgan fingerprint density at radius 1 is 0.912 bits per heavy atom. The lowest BCUT2D eigenvalue weighted by Crippen LogP contribution is -2.48. The van der Waals surface area contributed by atoms with Gasteiger partial charge in [0.15, 0.2) is 11.6 Å². The summed E-state index contributed by atoms with van der Waals surface area (Å²) in [4.78, 5) is 4.04. The number of alkyl halides is 6. The van der Waals surface area contributed by atoms with Crippen LogP contribution in [0.4, 0.5) is 26.3 Å². The number of hydrogen-bond acceptors (Lipinski definition) is 5. The molecule has 3 fully saturated rings. The van der Waals surface area contributed by atoms with E-state index in [9.17, 15) is 26.3 Å². The molecule has 0 N–H and O–H groups in total. The van der Waals surface area contributed by atoms with Gasteiger partial charge in [-0.25, -0.2) is 0 Å². The number of benzene rings is 1. The van der Waals surface area contributed by atoms with E-state index in [0.717, 1.165) is 6.07 Å². The van der Waals surface area contributed by atoms with E-state index in [1.54, 1.807) is 11.6 Å². The zero-order chi connectivity index (χ0) is 24.4. The van der Waals surface area contributed by atoms with Crippen molar-refractivity contribution < 1.29 is 30.9 Å². The Balaban J connectivity index is 1.41. The highest BCUT2D eigenvalue weighted by Gasteiger charge is 2.54. The number of fused-ring (bicyclic) bond motifs is 3. The number of aromatic nitrogens is 5. The van der Waals surface area contributed by atoms with E-state index in [2.05, 4.69) is 20.3 Å². The summed E-state index contributed by atoms with van der Waals surface area (Å²) in [6.45, 7) is 0. The highest BCUT2D eigenvalue weighted by atomic mass is 19.4. The fraction of sp³-hybridized carbons (Fsp3) is 0.545. The summed E-state index contributed by atoms with van der Waals surface area (Å²) in [6.07, 6.45) is -6.37. The average Bonchev–Trinajstić information content (AvgIpc) is 3.40. The van der Waals surface area contributed by atoms with Crippen LogP contribution in [-0.2, 0) is 30.5 Å². The molecule has 2 bridgehead atoms. The van der Waals surface area contributed by atoms with Gasteiger partial charge in [-0.1, -0.05) is 23.4 Å². The standard InChI is InChI=1S/C22H21F6N5O/c1-33-16(13-4-2-3-5-14(13)22(26,27)28)30-31-18(33)20-9-6-19(7-10-20,8-11-20)17-29-15(34-32-17)12-21(23,24)25/h2-5H,6-12H2,1H3. The lowest BCUT2D eigenvalue weighted by Gasteiger charge is -2.51. The maximum Gasteiger partial charge on any atom is 0.417 e. The van der Waals surface area contributed by atoms with Crippen molar-refractivity contribution in [2.75, 3.05) is 0 Å². The van der Waals surface area contributed by atoms with E-state index >= 15 is 0 Å². The van der Waals surface area contributed by atoms with Crippen LogP contribution < -0.4 is 0 Å². The molecule has 1 aromatic carbocycles. The number of nitrogens with zero attached hydrogens (tertiary/aromatic N) is 5. The Morgan fingerprint density at radius 2 is 1.53 bits per heavy atom. The summed E-state index contributed by atoms with van der Waals surface area (Å²) < 4.78 is 85.1. The Labute approximate surface area is 190 Å². The molecule has 0 spiro atoms. The highest BCUT2D eigenvalue weighted by Crippen LogP contribution is 2.57. The predicted octanol–water partition coefficient (Wildman–Crippen LogP) is 5.53. The largest absolute Gasteiger partial charge is 0.417 e. The summed E-state index contributed by atoms with van der Waals surface area (Å²) in [6, 6.07) is 5.28. The van der Waals surface area contributed by atoms with Crippen molar-refractivity contribution in [2.45, 2.75) is 68.1 Å². The monoisotopic (exact) mass is 485 g/mol. The first kappa shape index (κ1) is 22.9. The molecule has 0 aliphatic heterocycles. The SMILES string of the molecule is Cn1c(-c2ccccc2C(F)(F)F)nnc1C12CCC(c3noc(CC(F)(F)F)n3)(CC1)CC2. The molecule has 3 saturated carbocycles. The summed E-state index contributed by atoms with van der Waals surface area (Å²) in [5.41, 5.74) is -1.63. The zero-order valence-corrected chi connectivity index (χ0v) is 18.2. The first-order chi connectivity index (χ1) is 15.9. The Morgan fingerprint density at radius 3 is 2.15 bits per heavy atom. The molecule has 0 radical (unpaired) electrons. The van der Waals surface area contributed by atoms with Gasteiger partial charge in [0.2, 0.25) is 5.89 Å². The molecule has 6 nitrogen and oxygen atoms in total. The van der Waals surface area contributed by atoms with Crippen molar-refractivity contribution in [1.82, 2.24) is 24.9 Å². The van der Waals surface area contributed by atoms with Gasteiger partial charge in [0, 0.05) is 23.4 Å². The molecular formula is C22H21F6N5O. The smallest absolute Gasteiger partial charge is 0.339 e. The molecule has 34 heavy (non-hydrogen) atoms. The molecule has 0 saturated heterocycles. The summed E-state index contributed by atoms with van der Waals surface area (Å²) >= 11 is 0. The van der Waals surface area contributed by atoms with Crippen LogP contribution in [0.3, 0.4) is 0 Å². The third kappa shape index (κ3) is 3.76. The molecule has 3 aliphatic rings. The third-order valence-corrected chi connectivity index (χ3v) is 7.36. The minimum absolute atomic E-state index is 0.0300. The van der Waals surface area contributed by atoms with E-state index in [4.69, 9.17) is 4.52 Å². The first-order valence-electron chi connectivity index (χ1n) is 10.9. The Bertz CT molecular complexity index is 1190. The van der Waals surface area contributed by atoms with Crippen LogP contribution in [0.25, 0.3) is 11.4 Å². The predicted molar refractivity (Wildman–Crippen MR) is 107 cm³/mol. The second kappa shape index (κ2) is 7.54. The van der Waals surface area contributed by atoms with Crippen LogP contribution in [0.2, 0.25) is 0 Å². The van der Waals surface area contributed by atoms with E-state index in [1.807, 2.05) is 0 Å². The van der Waals surface area contributed by atoms with E-state index in [1.165, 1.54) is 18.2 Å². The van der Waals surface area contributed by atoms with Crippen LogP contribution >= 0.6 is 0 Å². The van der Waals surface area contributed by atoms with Gasteiger partial charge in [-0.15, -0.1) is 10.2 Å². The summed E-state index contributed by atoms with van der Waals surface area (Å²) in [7, 11) is 1.67. The molecule has 2 heterocycles. The van der Waals surface area contributed by atoms with Gasteiger partial charge < -0.3 is 9.09 Å². The number of rotatable bonds is 4. The van der Waals surface area contributed by atoms with Crippen LogP contribution in [0.15, 0.2) is 28.8 Å². The van der Waals surface area contributed by atoms with Gasteiger partial charge in [0.25, 0.3) is 0 Å². The molecule has 3 aromatic rings. The molecule has 6 rings (SSSR count). The van der Waals surface area contributed by atoms with Crippen molar-refractivity contribution >= 4 is 0 Å². The maximum atomic E-state index is 13.5. The van der Waals surface area contributed by atoms with Crippen molar-refractivity contribution in [1.29, 1.82) is 0 Å². The lowest BCUT2D eigenvalue weighted by molar-refractivity contribution is -0.137. The van der Waals surface area contributed by atoms with Gasteiger partial charge >= 0.3 is 12.4 Å². The molecule has 0 amide bonds. The first-order valence-corrected chi connectivity index (χ1v) is 10.9. The van der Waals surface area contributed by atoms with Crippen LogP contribution in [0.5, 0.6) is 0 Å². The minimum Gasteiger partial charge on any atom is -0.339 e. The molecule has 12 heteroatoms. The number of hydrogen-bond donors (Lipinski definition) is 0. The van der Waals surface area contributed by atoms with Crippen LogP contribution in [-0.4, -0.2) is 31.1 Å². The van der Waals surface area contributed by atoms with E-state index < -0.39 is 35.6 Å². The van der Waals surface area contributed by atoms with Crippen molar-refractivity contribution in [3.05, 3.63) is 47.4 Å². The van der Waals surface area contributed by atoms with Crippen molar-refractivity contribution in [3.63, 3.8) is 0 Å². The second-order valence-corrected chi connectivity index (χ2v) is 9.31. The quantitative estimate of drug-likeness (QED) is 0.455. The van der Waals surface area contributed by atoms with Gasteiger partial charge in [0.1, 0.15) is 12.2 Å².